The van der Waals surface area contributed by atoms with E-state index in [0.717, 1.165) is 19.3 Å². The molecule has 5 nitrogen and oxygen atoms in total. The zero-order valence-electron chi connectivity index (χ0n) is 11.0. The van der Waals surface area contributed by atoms with Crippen LogP contribution in [0.2, 0.25) is 0 Å². The van der Waals surface area contributed by atoms with Crippen LogP contribution in [0.5, 0.6) is 11.5 Å². The Kier molecular flexibility index (Phi) is 3.95. The second kappa shape index (κ2) is 5.48. The molecule has 1 amide bonds. The number of phenols is 2. The fraction of sp³-hybridized carbons (Fsp3) is 0.500. The highest BCUT2D eigenvalue weighted by atomic mass is 16.3. The summed E-state index contributed by atoms with van der Waals surface area (Å²) < 4.78 is 0. The number of amides is 1. The zero-order chi connectivity index (χ0) is 14.0. The van der Waals surface area contributed by atoms with Crippen LogP contribution in [0.3, 0.4) is 0 Å². The van der Waals surface area contributed by atoms with Crippen LogP contribution in [0.25, 0.3) is 0 Å². The number of rotatable bonds is 3. The van der Waals surface area contributed by atoms with Gasteiger partial charge in [0.15, 0.2) is 0 Å². The number of carbonyl (C=O) groups excluding carboxylic acids is 1. The van der Waals surface area contributed by atoms with Crippen LogP contribution in [0.4, 0.5) is 0 Å². The third kappa shape index (κ3) is 2.81. The summed E-state index contributed by atoms with van der Waals surface area (Å²) in [5.74, 6) is -0.0894. The van der Waals surface area contributed by atoms with Gasteiger partial charge in [-0.1, -0.05) is 6.42 Å². The molecular formula is C14H20N2O3. The van der Waals surface area contributed by atoms with Gasteiger partial charge in [0.25, 0.3) is 5.91 Å². The van der Waals surface area contributed by atoms with Crippen LogP contribution < -0.4 is 5.73 Å². The lowest BCUT2D eigenvalue weighted by Gasteiger charge is -2.29. The molecule has 5 heteroatoms. The fourth-order valence-corrected chi connectivity index (χ4v) is 2.87. The predicted molar refractivity (Wildman–Crippen MR) is 72.0 cm³/mol. The molecule has 0 aliphatic heterocycles. The minimum absolute atomic E-state index is 0.112. The van der Waals surface area contributed by atoms with Gasteiger partial charge >= 0.3 is 0 Å². The third-order valence-electron chi connectivity index (χ3n) is 3.89. The lowest BCUT2D eigenvalue weighted by Crippen LogP contribution is -2.41. The number of phenolic OH excluding ortho intramolecular Hbond substituents is 2. The number of aromatic hydroxyl groups is 2. The molecule has 19 heavy (non-hydrogen) atoms. The van der Waals surface area contributed by atoms with E-state index in [2.05, 4.69) is 0 Å². The Hall–Kier alpha value is -1.75. The molecule has 1 fully saturated rings. The van der Waals surface area contributed by atoms with Crippen molar-refractivity contribution in [3.8, 4) is 11.5 Å². The molecule has 104 valence electrons. The van der Waals surface area contributed by atoms with E-state index in [1.807, 2.05) is 0 Å². The highest BCUT2D eigenvalue weighted by Crippen LogP contribution is 2.30. The molecule has 4 N–H and O–H groups in total. The van der Waals surface area contributed by atoms with Crippen molar-refractivity contribution in [3.05, 3.63) is 23.8 Å². The maximum Gasteiger partial charge on any atom is 0.254 e. The standard InChI is InChI=1S/C14H20N2O3/c1-16(13-4-2-3-9(13)8-15)14(19)10-5-11(17)7-12(18)6-10/h5-7,9,13,17-18H,2-4,8,15H2,1H3. The predicted octanol–water partition coefficient (Wildman–Crippen LogP) is 1.30. The van der Waals surface area contributed by atoms with Gasteiger partial charge in [0.2, 0.25) is 0 Å². The molecule has 0 spiro atoms. The monoisotopic (exact) mass is 264 g/mol. The van der Waals surface area contributed by atoms with Gasteiger partial charge in [0, 0.05) is 24.7 Å². The Bertz CT molecular complexity index is 456. The summed E-state index contributed by atoms with van der Waals surface area (Å²) >= 11 is 0. The van der Waals surface area contributed by atoms with E-state index in [0.29, 0.717) is 18.0 Å². The first kappa shape index (κ1) is 13.7. The largest absolute Gasteiger partial charge is 0.508 e. The molecule has 1 aromatic rings. The summed E-state index contributed by atoms with van der Waals surface area (Å²) in [6.45, 7) is 0.577. The SMILES string of the molecule is CN(C(=O)c1cc(O)cc(O)c1)C1CCCC1CN. The van der Waals surface area contributed by atoms with Crippen molar-refractivity contribution in [2.75, 3.05) is 13.6 Å². The molecule has 0 aromatic heterocycles. The number of nitrogens with two attached hydrogens (primary N) is 1. The van der Waals surface area contributed by atoms with Gasteiger partial charge in [0.05, 0.1) is 0 Å². The number of hydrogen-bond donors (Lipinski definition) is 3. The second-order valence-corrected chi connectivity index (χ2v) is 5.15. The van der Waals surface area contributed by atoms with Crippen LogP contribution in [0.1, 0.15) is 29.6 Å². The van der Waals surface area contributed by atoms with Gasteiger partial charge in [-0.25, -0.2) is 0 Å². The summed E-state index contributed by atoms with van der Waals surface area (Å²) in [6.07, 6.45) is 3.08. The van der Waals surface area contributed by atoms with Gasteiger partial charge < -0.3 is 20.8 Å². The second-order valence-electron chi connectivity index (χ2n) is 5.15. The van der Waals surface area contributed by atoms with E-state index < -0.39 is 0 Å². The highest BCUT2D eigenvalue weighted by molar-refractivity contribution is 5.95. The van der Waals surface area contributed by atoms with Crippen molar-refractivity contribution in [2.45, 2.75) is 25.3 Å². The minimum atomic E-state index is -0.198. The molecule has 2 unspecified atom stereocenters. The van der Waals surface area contributed by atoms with E-state index >= 15 is 0 Å². The molecule has 0 heterocycles. The summed E-state index contributed by atoms with van der Waals surface area (Å²) in [5, 5.41) is 18.9. The molecule has 0 saturated heterocycles. The van der Waals surface area contributed by atoms with E-state index in [4.69, 9.17) is 5.73 Å². The molecule has 1 saturated carbocycles. The maximum absolute atomic E-state index is 12.4. The fourth-order valence-electron chi connectivity index (χ4n) is 2.87. The van der Waals surface area contributed by atoms with Gasteiger partial charge in [-0.2, -0.15) is 0 Å². The van der Waals surface area contributed by atoms with Crippen LogP contribution in [-0.2, 0) is 0 Å². The first-order valence-electron chi connectivity index (χ1n) is 6.53. The highest BCUT2D eigenvalue weighted by Gasteiger charge is 2.32. The normalized spacial score (nSPS) is 22.4. The van der Waals surface area contributed by atoms with Crippen molar-refractivity contribution < 1.29 is 15.0 Å². The van der Waals surface area contributed by atoms with Crippen LogP contribution >= 0.6 is 0 Å². The summed E-state index contributed by atoms with van der Waals surface area (Å²) in [5.41, 5.74) is 6.03. The Morgan fingerprint density at radius 2 is 1.95 bits per heavy atom. The topological polar surface area (TPSA) is 86.8 Å². The van der Waals surface area contributed by atoms with Crippen molar-refractivity contribution in [1.29, 1.82) is 0 Å². The first-order chi connectivity index (χ1) is 9.02. The van der Waals surface area contributed by atoms with Crippen molar-refractivity contribution >= 4 is 5.91 Å². The van der Waals surface area contributed by atoms with Crippen LogP contribution in [-0.4, -0.2) is 40.7 Å². The minimum Gasteiger partial charge on any atom is -0.508 e. The van der Waals surface area contributed by atoms with Gasteiger partial charge in [-0.05, 0) is 37.4 Å². The lowest BCUT2D eigenvalue weighted by molar-refractivity contribution is 0.0699. The summed E-state index contributed by atoms with van der Waals surface area (Å²) in [7, 11) is 1.75. The quantitative estimate of drug-likeness (QED) is 0.768. The van der Waals surface area contributed by atoms with Crippen molar-refractivity contribution in [3.63, 3.8) is 0 Å². The van der Waals surface area contributed by atoms with Crippen LogP contribution in [0, 0.1) is 5.92 Å². The van der Waals surface area contributed by atoms with E-state index in [1.165, 1.54) is 18.2 Å². The average Bonchev–Trinajstić information content (AvgIpc) is 2.84. The number of benzene rings is 1. The Morgan fingerprint density at radius 3 is 2.53 bits per heavy atom. The average molecular weight is 264 g/mol. The van der Waals surface area contributed by atoms with E-state index in [-0.39, 0.29) is 23.4 Å². The van der Waals surface area contributed by atoms with E-state index in [9.17, 15) is 15.0 Å². The van der Waals surface area contributed by atoms with Crippen molar-refractivity contribution in [2.24, 2.45) is 11.7 Å². The number of carbonyl (C=O) groups is 1. The van der Waals surface area contributed by atoms with Gasteiger partial charge in [-0.3, -0.25) is 4.79 Å². The van der Waals surface area contributed by atoms with Gasteiger partial charge in [-0.15, -0.1) is 0 Å². The molecule has 1 aromatic carbocycles. The molecule has 1 aliphatic carbocycles. The Labute approximate surface area is 112 Å². The molecule has 2 rings (SSSR count). The number of hydrogen-bond acceptors (Lipinski definition) is 4. The Balaban J connectivity index is 2.18. The summed E-state index contributed by atoms with van der Waals surface area (Å²) in [4.78, 5) is 14.0. The van der Waals surface area contributed by atoms with Crippen LogP contribution in [0.15, 0.2) is 18.2 Å². The summed E-state index contributed by atoms with van der Waals surface area (Å²) in [6, 6.07) is 4.08. The van der Waals surface area contributed by atoms with Crippen molar-refractivity contribution in [1.82, 2.24) is 4.90 Å². The lowest BCUT2D eigenvalue weighted by atomic mass is 10.0. The molecule has 0 bridgehead atoms. The molecule has 2 atom stereocenters. The smallest absolute Gasteiger partial charge is 0.254 e. The maximum atomic E-state index is 12.4. The Morgan fingerprint density at radius 1 is 1.32 bits per heavy atom. The zero-order valence-corrected chi connectivity index (χ0v) is 11.0. The molecule has 0 radical (unpaired) electrons. The first-order valence-corrected chi connectivity index (χ1v) is 6.53. The number of nitrogens with zero attached hydrogens (tertiary/aromatic N) is 1. The third-order valence-corrected chi connectivity index (χ3v) is 3.89. The van der Waals surface area contributed by atoms with E-state index in [1.54, 1.807) is 11.9 Å². The molecular weight excluding hydrogens is 244 g/mol. The molecule has 1 aliphatic rings. The van der Waals surface area contributed by atoms with Gasteiger partial charge in [0.1, 0.15) is 11.5 Å².